The first-order chi connectivity index (χ1) is 36.7. The Bertz CT molecular complexity index is 4560. The maximum atomic E-state index is 6.44. The van der Waals surface area contributed by atoms with Crippen LogP contribution in [-0.4, -0.2) is 0 Å². The van der Waals surface area contributed by atoms with Crippen molar-refractivity contribution in [2.24, 2.45) is 0 Å². The van der Waals surface area contributed by atoms with Crippen molar-refractivity contribution in [2.75, 3.05) is 9.80 Å². The van der Waals surface area contributed by atoms with Crippen molar-refractivity contribution in [1.82, 2.24) is 0 Å². The summed E-state index contributed by atoms with van der Waals surface area (Å²) in [5, 5.41) is 12.0. The molecule has 0 amide bonds. The van der Waals surface area contributed by atoms with Crippen molar-refractivity contribution < 1.29 is 8.83 Å². The highest BCUT2D eigenvalue weighted by atomic mass is 16.3. The van der Waals surface area contributed by atoms with Crippen LogP contribution < -0.4 is 9.80 Å². The summed E-state index contributed by atoms with van der Waals surface area (Å²) in [5.74, 6) is 0. The molecule has 346 valence electrons. The Balaban J connectivity index is 0.777. The van der Waals surface area contributed by atoms with E-state index in [1.54, 1.807) is 0 Å². The largest absolute Gasteiger partial charge is 0.455 e. The van der Waals surface area contributed by atoms with Crippen LogP contribution in [0.1, 0.15) is 0 Å². The summed E-state index contributed by atoms with van der Waals surface area (Å²) in [5.41, 5.74) is 16.9. The summed E-state index contributed by atoms with van der Waals surface area (Å²) < 4.78 is 12.9. The van der Waals surface area contributed by atoms with E-state index in [4.69, 9.17) is 8.83 Å². The summed E-state index contributed by atoms with van der Waals surface area (Å²) in [4.78, 5) is 4.69. The lowest BCUT2D eigenvalue weighted by Gasteiger charge is -2.27. The zero-order chi connectivity index (χ0) is 48.7. The number of para-hydroxylation sites is 6. The molecule has 0 atom stereocenters. The van der Waals surface area contributed by atoms with Crippen LogP contribution in [0.4, 0.5) is 34.1 Å². The molecule has 4 nitrogen and oxygen atoms in total. The van der Waals surface area contributed by atoms with E-state index in [1.807, 2.05) is 24.3 Å². The van der Waals surface area contributed by atoms with Gasteiger partial charge in [-0.05, 0) is 140 Å². The van der Waals surface area contributed by atoms with Gasteiger partial charge in [-0.1, -0.05) is 182 Å². The molecule has 0 saturated carbocycles. The van der Waals surface area contributed by atoms with Gasteiger partial charge in [0.1, 0.15) is 22.3 Å². The van der Waals surface area contributed by atoms with E-state index in [2.05, 4.69) is 252 Å². The van der Waals surface area contributed by atoms with Gasteiger partial charge >= 0.3 is 0 Å². The number of nitrogens with zero attached hydrogens (tertiary/aromatic N) is 2. The van der Waals surface area contributed by atoms with Crippen LogP contribution in [0.5, 0.6) is 0 Å². The summed E-state index contributed by atoms with van der Waals surface area (Å²) in [7, 11) is 0. The quantitative estimate of drug-likeness (QED) is 0.135. The monoisotopic (exact) mass is 944 g/mol. The molecule has 0 aliphatic heterocycles. The first-order valence-electron chi connectivity index (χ1n) is 25.2. The fourth-order valence-corrected chi connectivity index (χ4v) is 11.6. The number of benzene rings is 13. The second kappa shape index (κ2) is 16.9. The first-order valence-corrected chi connectivity index (χ1v) is 25.2. The fourth-order valence-electron chi connectivity index (χ4n) is 11.6. The third kappa shape index (κ3) is 6.77. The lowest BCUT2D eigenvalue weighted by molar-refractivity contribution is 0.669. The molecule has 0 saturated heterocycles. The standard InChI is InChI=1S/C70H44N2O2/c1-3-13-51(14-4-1)71(54-37-29-46(30-38-54)58-19-11-21-63-60-17-7-9-23-65(60)73-69(58)63)53-35-27-45(28-36-53)57-41-33-48-25-26-49-43-56(44-50-34-42-62(57)68(48)67(49)50)72(52-15-5-2-6-16-52)55-39-31-47(32-40-55)59-20-12-22-64-61-18-8-10-24-66(61)74-70(59)64/h1-44H. The van der Waals surface area contributed by atoms with Gasteiger partial charge in [0.25, 0.3) is 0 Å². The van der Waals surface area contributed by atoms with Crippen LogP contribution in [-0.2, 0) is 0 Å². The van der Waals surface area contributed by atoms with Gasteiger partial charge in [0, 0.05) is 66.8 Å². The minimum absolute atomic E-state index is 0.904. The zero-order valence-corrected chi connectivity index (χ0v) is 40.1. The Morgan fingerprint density at radius 2 is 0.622 bits per heavy atom. The van der Waals surface area contributed by atoms with Gasteiger partial charge in [0.05, 0.1) is 0 Å². The van der Waals surface area contributed by atoms with Gasteiger partial charge < -0.3 is 18.6 Å². The van der Waals surface area contributed by atoms with Crippen molar-refractivity contribution in [2.45, 2.75) is 0 Å². The number of anilines is 6. The molecular formula is C70H44N2O2. The molecule has 4 heteroatoms. The SMILES string of the molecule is c1ccc(N(c2ccc(-c3ccc4ccc5cc(N(c6ccccc6)c6ccc(-c7cccc8c7oc7ccccc78)cc6)cc6ccc3c4c56)cc2)c2ccc(-c3cccc4c3oc3ccccc34)cc2)cc1. The highest BCUT2D eigenvalue weighted by Gasteiger charge is 2.20. The van der Waals surface area contributed by atoms with E-state index in [9.17, 15) is 0 Å². The highest BCUT2D eigenvalue weighted by Crippen LogP contribution is 2.46. The Labute approximate surface area is 427 Å². The van der Waals surface area contributed by atoms with Gasteiger partial charge in [-0.2, -0.15) is 0 Å². The van der Waals surface area contributed by atoms with Gasteiger partial charge in [-0.3, -0.25) is 0 Å². The minimum atomic E-state index is 0.904. The summed E-state index contributed by atoms with van der Waals surface area (Å²) >= 11 is 0. The topological polar surface area (TPSA) is 32.8 Å². The molecule has 15 rings (SSSR count). The molecule has 0 unspecified atom stereocenters. The summed E-state index contributed by atoms with van der Waals surface area (Å²) in [6, 6.07) is 95.9. The predicted octanol–water partition coefficient (Wildman–Crippen LogP) is 20.3. The maximum absolute atomic E-state index is 6.44. The highest BCUT2D eigenvalue weighted by molar-refractivity contribution is 6.26. The van der Waals surface area contributed by atoms with Crippen molar-refractivity contribution >= 4 is 110 Å². The van der Waals surface area contributed by atoms with Crippen molar-refractivity contribution in [3.63, 3.8) is 0 Å². The van der Waals surface area contributed by atoms with Crippen LogP contribution in [0, 0.1) is 0 Å². The van der Waals surface area contributed by atoms with Gasteiger partial charge in [-0.25, -0.2) is 0 Å². The molecule has 0 fully saturated rings. The molecular weight excluding hydrogens is 901 g/mol. The molecule has 2 aromatic heterocycles. The smallest absolute Gasteiger partial charge is 0.143 e. The Morgan fingerprint density at radius 1 is 0.230 bits per heavy atom. The molecule has 0 spiro atoms. The minimum Gasteiger partial charge on any atom is -0.455 e. The summed E-state index contributed by atoms with van der Waals surface area (Å²) in [6.07, 6.45) is 0. The molecule has 2 heterocycles. The Kier molecular flexibility index (Phi) is 9.54. The first kappa shape index (κ1) is 41.8. The third-order valence-corrected chi connectivity index (χ3v) is 15.0. The normalized spacial score (nSPS) is 11.8. The lowest BCUT2D eigenvalue weighted by atomic mass is 9.89. The van der Waals surface area contributed by atoms with E-state index in [1.165, 1.54) is 43.4 Å². The summed E-state index contributed by atoms with van der Waals surface area (Å²) in [6.45, 7) is 0. The fraction of sp³-hybridized carbons (Fsp3) is 0. The van der Waals surface area contributed by atoms with Crippen LogP contribution in [0.15, 0.2) is 276 Å². The lowest BCUT2D eigenvalue weighted by Crippen LogP contribution is -2.10. The molecule has 0 aliphatic carbocycles. The molecule has 74 heavy (non-hydrogen) atoms. The molecule has 0 bridgehead atoms. The Hall–Kier alpha value is -9.90. The average Bonchev–Trinajstić information content (AvgIpc) is 4.05. The van der Waals surface area contributed by atoms with Crippen molar-refractivity contribution in [3.05, 3.63) is 267 Å². The zero-order valence-electron chi connectivity index (χ0n) is 40.1. The van der Waals surface area contributed by atoms with Gasteiger partial charge in [0.2, 0.25) is 0 Å². The van der Waals surface area contributed by atoms with E-state index in [0.717, 1.165) is 100 Å². The van der Waals surface area contributed by atoms with E-state index in [-0.39, 0.29) is 0 Å². The van der Waals surface area contributed by atoms with E-state index < -0.39 is 0 Å². The van der Waals surface area contributed by atoms with Crippen LogP contribution in [0.2, 0.25) is 0 Å². The molecule has 0 radical (unpaired) electrons. The number of furan rings is 2. The van der Waals surface area contributed by atoms with Crippen molar-refractivity contribution in [1.29, 1.82) is 0 Å². The van der Waals surface area contributed by atoms with E-state index in [0.29, 0.717) is 0 Å². The molecule has 0 aliphatic rings. The van der Waals surface area contributed by atoms with Crippen LogP contribution in [0.3, 0.4) is 0 Å². The number of hydrogen-bond donors (Lipinski definition) is 0. The van der Waals surface area contributed by atoms with Gasteiger partial charge in [-0.15, -0.1) is 0 Å². The van der Waals surface area contributed by atoms with Crippen LogP contribution in [0.25, 0.3) is 110 Å². The number of rotatable bonds is 9. The Morgan fingerprint density at radius 3 is 1.14 bits per heavy atom. The van der Waals surface area contributed by atoms with Crippen LogP contribution >= 0.6 is 0 Å². The van der Waals surface area contributed by atoms with E-state index >= 15 is 0 Å². The number of fused-ring (bicyclic) bond motifs is 6. The number of hydrogen-bond acceptors (Lipinski definition) is 4. The predicted molar refractivity (Wildman–Crippen MR) is 310 cm³/mol. The molecule has 13 aromatic carbocycles. The molecule has 15 aromatic rings. The molecule has 0 N–H and O–H groups in total. The third-order valence-electron chi connectivity index (χ3n) is 15.0. The second-order valence-corrected chi connectivity index (χ2v) is 19.2. The van der Waals surface area contributed by atoms with Crippen molar-refractivity contribution in [3.8, 4) is 33.4 Å². The maximum Gasteiger partial charge on any atom is 0.143 e. The second-order valence-electron chi connectivity index (χ2n) is 19.2. The van der Waals surface area contributed by atoms with Gasteiger partial charge in [0.15, 0.2) is 0 Å². The average molecular weight is 945 g/mol.